The summed E-state index contributed by atoms with van der Waals surface area (Å²) in [4.78, 5) is 12.3. The number of benzene rings is 1. The Morgan fingerprint density at radius 3 is 3.00 bits per heavy atom. The van der Waals surface area contributed by atoms with E-state index in [0.717, 1.165) is 30.6 Å². The van der Waals surface area contributed by atoms with Crippen molar-refractivity contribution in [3.05, 3.63) is 29.3 Å². The largest absolute Gasteiger partial charge is 0.493 e. The second kappa shape index (κ2) is 4.53. The Balaban J connectivity index is 1.76. The summed E-state index contributed by atoms with van der Waals surface area (Å²) in [6, 6.07) is 5.64. The fourth-order valence-electron chi connectivity index (χ4n) is 2.70. The van der Waals surface area contributed by atoms with Crippen molar-refractivity contribution in [3.63, 3.8) is 0 Å². The minimum atomic E-state index is -0.271. The molecule has 1 aromatic carbocycles. The van der Waals surface area contributed by atoms with Gasteiger partial charge in [0.2, 0.25) is 0 Å². The lowest BCUT2D eigenvalue weighted by Gasteiger charge is -2.29. The van der Waals surface area contributed by atoms with Crippen molar-refractivity contribution in [1.29, 1.82) is 0 Å². The van der Waals surface area contributed by atoms with Crippen molar-refractivity contribution in [2.75, 3.05) is 13.2 Å². The van der Waals surface area contributed by atoms with Crippen molar-refractivity contribution in [3.8, 4) is 5.75 Å². The zero-order valence-corrected chi connectivity index (χ0v) is 11.2. The summed E-state index contributed by atoms with van der Waals surface area (Å²) in [6.45, 7) is 3.24. The molecule has 1 atom stereocenters. The van der Waals surface area contributed by atoms with Crippen molar-refractivity contribution in [2.24, 2.45) is 11.7 Å². The molecule has 0 spiro atoms. The van der Waals surface area contributed by atoms with Crippen molar-refractivity contribution >= 4 is 5.91 Å². The summed E-state index contributed by atoms with van der Waals surface area (Å²) in [5.41, 5.74) is 7.38. The van der Waals surface area contributed by atoms with E-state index in [1.54, 1.807) is 0 Å². The molecule has 1 heterocycles. The normalized spacial score (nSPS) is 20.3. The molecule has 1 aliphatic heterocycles. The molecule has 4 nitrogen and oxygen atoms in total. The fourth-order valence-corrected chi connectivity index (χ4v) is 2.70. The van der Waals surface area contributed by atoms with Gasteiger partial charge in [0.15, 0.2) is 0 Å². The van der Waals surface area contributed by atoms with E-state index in [2.05, 4.69) is 5.32 Å². The number of ether oxygens (including phenoxy) is 1. The first-order chi connectivity index (χ1) is 9.12. The second-order valence-corrected chi connectivity index (χ2v) is 5.77. The van der Waals surface area contributed by atoms with Crippen LogP contribution in [0.3, 0.4) is 0 Å². The summed E-state index contributed by atoms with van der Waals surface area (Å²) >= 11 is 0. The number of nitrogens with one attached hydrogen (secondary N) is 1. The molecule has 0 radical (unpaired) electrons. The fraction of sp³-hybridized carbons (Fsp3) is 0.533. The predicted molar refractivity (Wildman–Crippen MR) is 73.3 cm³/mol. The standard InChI is InChI=1S/C15H20N2O2/c1-15(9-16,12-3-4-12)17-14(18)11-2-5-13-10(8-11)6-7-19-13/h2,5,8,12H,3-4,6-7,9,16H2,1H3,(H,17,18). The number of rotatable bonds is 4. The molecule has 1 unspecified atom stereocenters. The van der Waals surface area contributed by atoms with E-state index >= 15 is 0 Å². The SMILES string of the molecule is CC(CN)(NC(=O)c1ccc2c(c1)CCO2)C1CC1. The van der Waals surface area contributed by atoms with E-state index in [1.807, 2.05) is 25.1 Å². The molecule has 4 heteroatoms. The molecule has 1 aliphatic carbocycles. The lowest BCUT2D eigenvalue weighted by molar-refractivity contribution is 0.0898. The summed E-state index contributed by atoms with van der Waals surface area (Å²) in [5, 5.41) is 3.11. The van der Waals surface area contributed by atoms with E-state index in [4.69, 9.17) is 10.5 Å². The Kier molecular flexibility index (Phi) is 2.97. The van der Waals surface area contributed by atoms with Crippen LogP contribution < -0.4 is 15.8 Å². The van der Waals surface area contributed by atoms with Gasteiger partial charge < -0.3 is 15.8 Å². The quantitative estimate of drug-likeness (QED) is 0.862. The van der Waals surface area contributed by atoms with Gasteiger partial charge in [0, 0.05) is 18.5 Å². The second-order valence-electron chi connectivity index (χ2n) is 5.77. The molecule has 3 rings (SSSR count). The van der Waals surface area contributed by atoms with Crippen molar-refractivity contribution in [2.45, 2.75) is 31.7 Å². The van der Waals surface area contributed by atoms with Crippen LogP contribution in [0.4, 0.5) is 0 Å². The third-order valence-electron chi connectivity index (χ3n) is 4.25. The van der Waals surface area contributed by atoms with Crippen LogP contribution in [0.5, 0.6) is 5.75 Å². The number of hydrogen-bond donors (Lipinski definition) is 2. The monoisotopic (exact) mass is 260 g/mol. The van der Waals surface area contributed by atoms with Gasteiger partial charge in [0.25, 0.3) is 5.91 Å². The van der Waals surface area contributed by atoms with Gasteiger partial charge >= 0.3 is 0 Å². The van der Waals surface area contributed by atoms with E-state index in [9.17, 15) is 4.79 Å². The molecule has 3 N–H and O–H groups in total. The maximum absolute atomic E-state index is 12.3. The molecular weight excluding hydrogens is 240 g/mol. The minimum absolute atomic E-state index is 0.0328. The average molecular weight is 260 g/mol. The maximum Gasteiger partial charge on any atom is 0.251 e. The molecule has 2 aliphatic rings. The van der Waals surface area contributed by atoms with Crippen LogP contribution in [-0.2, 0) is 6.42 Å². The van der Waals surface area contributed by atoms with Crippen molar-refractivity contribution < 1.29 is 9.53 Å². The van der Waals surface area contributed by atoms with Crippen LogP contribution in [0.15, 0.2) is 18.2 Å². The van der Waals surface area contributed by atoms with Crippen LogP contribution >= 0.6 is 0 Å². The lowest BCUT2D eigenvalue weighted by Crippen LogP contribution is -2.53. The zero-order chi connectivity index (χ0) is 13.5. The molecule has 0 saturated heterocycles. The average Bonchev–Trinajstić information content (AvgIpc) is 3.17. The predicted octanol–water partition coefficient (Wildman–Crippen LogP) is 1.48. The van der Waals surface area contributed by atoms with Gasteiger partial charge in [-0.25, -0.2) is 0 Å². The zero-order valence-electron chi connectivity index (χ0n) is 11.2. The number of amides is 1. The molecule has 102 valence electrons. The first kappa shape index (κ1) is 12.5. The molecule has 0 bridgehead atoms. The Labute approximate surface area is 113 Å². The van der Waals surface area contributed by atoms with Crippen LogP contribution in [0.25, 0.3) is 0 Å². The van der Waals surface area contributed by atoms with Gasteiger partial charge in [-0.2, -0.15) is 0 Å². The van der Waals surface area contributed by atoms with Crippen LogP contribution in [0.1, 0.15) is 35.7 Å². The Morgan fingerprint density at radius 2 is 2.32 bits per heavy atom. The van der Waals surface area contributed by atoms with Gasteiger partial charge in [-0.1, -0.05) is 0 Å². The van der Waals surface area contributed by atoms with Gasteiger partial charge in [-0.3, -0.25) is 4.79 Å². The van der Waals surface area contributed by atoms with E-state index < -0.39 is 0 Å². The minimum Gasteiger partial charge on any atom is -0.493 e. The number of fused-ring (bicyclic) bond motifs is 1. The molecule has 19 heavy (non-hydrogen) atoms. The number of nitrogens with two attached hydrogens (primary N) is 1. The summed E-state index contributed by atoms with van der Waals surface area (Å²) in [5.74, 6) is 1.40. The van der Waals surface area contributed by atoms with Gasteiger partial charge in [0.05, 0.1) is 12.1 Å². The molecule has 1 saturated carbocycles. The van der Waals surface area contributed by atoms with Crippen molar-refractivity contribution in [1.82, 2.24) is 5.32 Å². The van der Waals surface area contributed by atoms with E-state index in [0.29, 0.717) is 24.6 Å². The molecule has 1 fully saturated rings. The van der Waals surface area contributed by atoms with Crippen LogP contribution in [0.2, 0.25) is 0 Å². The summed E-state index contributed by atoms with van der Waals surface area (Å²) in [7, 11) is 0. The molecule has 1 amide bonds. The third kappa shape index (κ3) is 2.32. The first-order valence-electron chi connectivity index (χ1n) is 6.91. The van der Waals surface area contributed by atoms with E-state index in [1.165, 1.54) is 0 Å². The third-order valence-corrected chi connectivity index (χ3v) is 4.25. The Bertz CT molecular complexity index is 511. The molecular formula is C15H20N2O2. The van der Waals surface area contributed by atoms with Gasteiger partial charge in [0.1, 0.15) is 5.75 Å². The highest BCUT2D eigenvalue weighted by atomic mass is 16.5. The first-order valence-corrected chi connectivity index (χ1v) is 6.91. The van der Waals surface area contributed by atoms with Crippen LogP contribution in [-0.4, -0.2) is 24.6 Å². The maximum atomic E-state index is 12.3. The topological polar surface area (TPSA) is 64.3 Å². The smallest absolute Gasteiger partial charge is 0.251 e. The van der Waals surface area contributed by atoms with Gasteiger partial charge in [-0.15, -0.1) is 0 Å². The highest BCUT2D eigenvalue weighted by Crippen LogP contribution is 2.39. The molecule has 1 aromatic rings. The van der Waals surface area contributed by atoms with Gasteiger partial charge in [-0.05, 0) is 49.4 Å². The van der Waals surface area contributed by atoms with E-state index in [-0.39, 0.29) is 11.4 Å². The highest BCUT2D eigenvalue weighted by Gasteiger charge is 2.41. The number of hydrogen-bond acceptors (Lipinski definition) is 3. The summed E-state index contributed by atoms with van der Waals surface area (Å²) < 4.78 is 5.45. The Hall–Kier alpha value is -1.55. The Morgan fingerprint density at radius 1 is 1.53 bits per heavy atom. The highest BCUT2D eigenvalue weighted by molar-refractivity contribution is 5.95. The lowest BCUT2D eigenvalue weighted by atomic mass is 9.95. The summed E-state index contributed by atoms with van der Waals surface area (Å²) in [6.07, 6.45) is 3.20. The number of carbonyl (C=O) groups excluding carboxylic acids is 1. The molecule has 0 aromatic heterocycles. The van der Waals surface area contributed by atoms with Crippen LogP contribution in [0, 0.1) is 5.92 Å². The number of carbonyl (C=O) groups is 1.